The van der Waals surface area contributed by atoms with Crippen molar-refractivity contribution in [2.24, 2.45) is 0 Å². The molecule has 0 aliphatic heterocycles. The third kappa shape index (κ3) is 16.8. The molecule has 4 aromatic rings. The Morgan fingerprint density at radius 1 is 0.571 bits per heavy atom. The molecule has 0 atom stereocenters. The fourth-order valence-electron chi connectivity index (χ4n) is 4.72. The summed E-state index contributed by atoms with van der Waals surface area (Å²) in [6.45, 7) is 10.2. The lowest BCUT2D eigenvalue weighted by atomic mass is 10.2. The minimum Gasteiger partial charge on any atom is -0.457 e. The predicted molar refractivity (Wildman–Crippen MR) is 219 cm³/mol. The molecule has 0 spiro atoms. The average Bonchev–Trinajstić information content (AvgIpc) is 3.16. The Hall–Kier alpha value is -4.95. The van der Waals surface area contributed by atoms with Crippen LogP contribution in [-0.4, -0.2) is 53.4 Å². The van der Waals surface area contributed by atoms with E-state index in [2.05, 4.69) is 41.1 Å². The minimum absolute atomic E-state index is 0.282. The van der Waals surface area contributed by atoms with Gasteiger partial charge in [-0.05, 0) is 82.6 Å². The number of allylic oxidation sites excluding steroid dienone is 1. The van der Waals surface area contributed by atoms with E-state index >= 15 is 0 Å². The molecule has 0 unspecified atom stereocenters. The molecule has 0 aliphatic rings. The summed E-state index contributed by atoms with van der Waals surface area (Å²) in [5.74, 6) is -5.80. The Kier molecular flexibility index (Phi) is 18.0. The van der Waals surface area contributed by atoms with Crippen LogP contribution in [0.3, 0.4) is 0 Å². The van der Waals surface area contributed by atoms with E-state index in [0.717, 1.165) is 22.0 Å². The molecule has 11 heteroatoms. The highest BCUT2D eigenvalue weighted by Crippen LogP contribution is 2.43. The van der Waals surface area contributed by atoms with Gasteiger partial charge in [0.2, 0.25) is 0 Å². The quantitative estimate of drug-likeness (QED) is 0.0495. The monoisotopic (exact) mass is 796 g/mol. The number of carbonyl (C=O) groups excluding carboxylic acids is 3. The molecule has 0 saturated carbocycles. The zero-order valence-electron chi connectivity index (χ0n) is 33.3. The summed E-state index contributed by atoms with van der Waals surface area (Å²) in [5, 5.41) is 3.40. The van der Waals surface area contributed by atoms with Crippen molar-refractivity contribution in [3.05, 3.63) is 139 Å². The Labute approximate surface area is 328 Å². The van der Waals surface area contributed by atoms with Crippen molar-refractivity contribution in [2.45, 2.75) is 91.3 Å². The van der Waals surface area contributed by atoms with Crippen molar-refractivity contribution in [3.63, 3.8) is 0 Å². The van der Waals surface area contributed by atoms with E-state index in [1.807, 2.05) is 81.2 Å². The summed E-state index contributed by atoms with van der Waals surface area (Å²) in [6.07, 6.45) is 0.678. The van der Waals surface area contributed by atoms with Crippen LogP contribution in [0.2, 0.25) is 0 Å². The number of esters is 3. The first-order valence-electron chi connectivity index (χ1n) is 18.2. The van der Waals surface area contributed by atoms with Gasteiger partial charge in [0.1, 0.15) is 11.2 Å². The summed E-state index contributed by atoms with van der Waals surface area (Å²) < 4.78 is 65.8. The summed E-state index contributed by atoms with van der Waals surface area (Å²) in [5.41, 5.74) is -0.902. The molecule has 0 heterocycles. The Morgan fingerprint density at radius 2 is 0.946 bits per heavy atom. The molecule has 302 valence electrons. The van der Waals surface area contributed by atoms with Gasteiger partial charge in [0.15, 0.2) is 6.61 Å². The molecule has 4 rings (SSSR count). The number of halogens is 4. The van der Waals surface area contributed by atoms with Crippen molar-refractivity contribution in [1.29, 1.82) is 0 Å². The zero-order chi connectivity index (χ0) is 42.0. The van der Waals surface area contributed by atoms with Gasteiger partial charge in [0, 0.05) is 24.7 Å². The summed E-state index contributed by atoms with van der Waals surface area (Å²) in [4.78, 5) is 35.2. The highest BCUT2D eigenvalue weighted by molar-refractivity contribution is 7.95. The van der Waals surface area contributed by atoms with Crippen LogP contribution in [0.15, 0.2) is 133 Å². The van der Waals surface area contributed by atoms with Crippen molar-refractivity contribution < 1.29 is 46.2 Å². The van der Waals surface area contributed by atoms with Gasteiger partial charge in [-0.3, -0.25) is 0 Å². The van der Waals surface area contributed by atoms with Crippen LogP contribution in [0.4, 0.5) is 17.6 Å². The molecule has 0 bridgehead atoms. The molecular weight excluding hydrogens is 743 g/mol. The van der Waals surface area contributed by atoms with E-state index in [1.54, 1.807) is 39.0 Å². The van der Waals surface area contributed by atoms with E-state index in [-0.39, 0.29) is 24.4 Å². The highest BCUT2D eigenvalue weighted by Gasteiger charge is 2.29. The van der Waals surface area contributed by atoms with Gasteiger partial charge in [-0.2, -0.15) is 0 Å². The van der Waals surface area contributed by atoms with Gasteiger partial charge in [0.05, 0.1) is 5.56 Å². The molecule has 6 nitrogen and oxygen atoms in total. The third-order valence-electron chi connectivity index (χ3n) is 7.48. The van der Waals surface area contributed by atoms with Crippen LogP contribution < -0.4 is 15.9 Å². The fraction of sp³-hybridized carbons (Fsp3) is 0.333. The Balaban J connectivity index is 0.000000318. The van der Waals surface area contributed by atoms with Gasteiger partial charge in [-0.15, -0.1) is 0 Å². The van der Waals surface area contributed by atoms with E-state index in [9.17, 15) is 31.9 Å². The standard InChI is InChI=1S/C24H25O2P.C11H12F2O2.C10H16F2O2/c1-24(2,3)26-23(25)19-27(20-13-7-4-8-14-20,21-15-9-5-10-16-21)22-17-11-6-12-18-22;1-2-11(12,13)8-15-10(14)9-6-4-3-5-7-9;1-5-10(11,12)7-6-8(13)14-9(2,3)4/h4-19H,1-3H3;3-7H,2,8H2,1H3;6-7H,5H2,1-4H3. The lowest BCUT2D eigenvalue weighted by molar-refractivity contribution is -0.149. The fourth-order valence-corrected chi connectivity index (χ4v) is 8.36. The van der Waals surface area contributed by atoms with Gasteiger partial charge < -0.3 is 14.2 Å². The van der Waals surface area contributed by atoms with E-state index in [4.69, 9.17) is 9.47 Å². The molecule has 0 saturated heterocycles. The second-order valence-corrected chi connectivity index (χ2v) is 17.8. The number of hydrogen-bond acceptors (Lipinski definition) is 6. The van der Waals surface area contributed by atoms with E-state index in [1.165, 1.54) is 26.0 Å². The highest BCUT2D eigenvalue weighted by atomic mass is 31.2. The van der Waals surface area contributed by atoms with Crippen LogP contribution >= 0.6 is 6.89 Å². The molecular formula is C45H53F4O6P. The van der Waals surface area contributed by atoms with E-state index in [0.29, 0.717) is 6.08 Å². The first-order chi connectivity index (χ1) is 26.1. The van der Waals surface area contributed by atoms with Crippen molar-refractivity contribution >= 4 is 46.5 Å². The number of alkyl halides is 4. The van der Waals surface area contributed by atoms with Crippen LogP contribution in [0.25, 0.3) is 0 Å². The summed E-state index contributed by atoms with van der Waals surface area (Å²) >= 11 is 0. The maximum absolute atomic E-state index is 12.9. The number of ether oxygens (including phenoxy) is 3. The molecule has 0 amide bonds. The predicted octanol–water partition coefficient (Wildman–Crippen LogP) is 9.94. The van der Waals surface area contributed by atoms with Crippen molar-refractivity contribution in [2.75, 3.05) is 6.61 Å². The van der Waals surface area contributed by atoms with E-state index < -0.39 is 48.5 Å². The van der Waals surface area contributed by atoms with Crippen LogP contribution in [0, 0.1) is 0 Å². The van der Waals surface area contributed by atoms with Gasteiger partial charge in [0.25, 0.3) is 11.8 Å². The van der Waals surface area contributed by atoms with Crippen LogP contribution in [0.5, 0.6) is 0 Å². The second-order valence-electron chi connectivity index (χ2n) is 14.5. The maximum Gasteiger partial charge on any atom is 0.338 e. The SMILES string of the molecule is CC(C)(C)OC(=O)C=P(c1ccccc1)(c1ccccc1)c1ccccc1.CCC(F)(F)C=CC(=O)OC(C)(C)C.CCC(F)(F)COC(=O)c1ccccc1. The average molecular weight is 797 g/mol. The normalized spacial score (nSPS) is 11.9. The summed E-state index contributed by atoms with van der Waals surface area (Å²) in [7, 11) is 0. The molecule has 0 fully saturated rings. The maximum atomic E-state index is 12.9. The third-order valence-corrected chi connectivity index (χ3v) is 11.4. The number of rotatable bonds is 11. The van der Waals surface area contributed by atoms with Crippen molar-refractivity contribution in [3.8, 4) is 0 Å². The topological polar surface area (TPSA) is 78.9 Å². The van der Waals surface area contributed by atoms with Crippen LogP contribution in [0.1, 0.15) is 78.6 Å². The molecule has 56 heavy (non-hydrogen) atoms. The zero-order valence-corrected chi connectivity index (χ0v) is 34.2. The second kappa shape index (κ2) is 21.4. The van der Waals surface area contributed by atoms with Gasteiger partial charge in [-0.1, -0.05) is 123 Å². The first kappa shape index (κ1) is 47.2. The largest absolute Gasteiger partial charge is 0.457 e. The number of hydrogen-bond donors (Lipinski definition) is 0. The molecule has 0 N–H and O–H groups in total. The lowest BCUT2D eigenvalue weighted by Gasteiger charge is -2.29. The smallest absolute Gasteiger partial charge is 0.338 e. The molecule has 0 radical (unpaired) electrons. The number of carbonyl (C=O) groups is 3. The Morgan fingerprint density at radius 3 is 1.30 bits per heavy atom. The van der Waals surface area contributed by atoms with Crippen LogP contribution in [-0.2, 0) is 23.8 Å². The van der Waals surface area contributed by atoms with Crippen molar-refractivity contribution in [1.82, 2.24) is 0 Å². The molecule has 4 aromatic carbocycles. The molecule has 0 aliphatic carbocycles. The number of benzene rings is 4. The Bertz CT molecular complexity index is 1780. The first-order valence-corrected chi connectivity index (χ1v) is 20.0. The molecule has 0 aromatic heterocycles. The van der Waals surface area contributed by atoms with Gasteiger partial charge in [-0.25, -0.2) is 31.9 Å². The lowest BCUT2D eigenvalue weighted by Crippen LogP contribution is -2.31. The summed E-state index contributed by atoms with van der Waals surface area (Å²) in [6, 6.07) is 38.9. The minimum atomic E-state index is -2.94. The van der Waals surface area contributed by atoms with Gasteiger partial charge >= 0.3 is 17.9 Å².